The van der Waals surface area contributed by atoms with Gasteiger partial charge in [-0.2, -0.15) is 0 Å². The van der Waals surface area contributed by atoms with Crippen LogP contribution in [0, 0.1) is 13.8 Å². The Balaban J connectivity index is 2.41. The molecule has 1 atom stereocenters. The highest BCUT2D eigenvalue weighted by Crippen LogP contribution is 2.22. The Kier molecular flexibility index (Phi) is 3.31. The lowest BCUT2D eigenvalue weighted by Gasteiger charge is -2.15. The van der Waals surface area contributed by atoms with Crippen LogP contribution in [0.25, 0.3) is 0 Å². The summed E-state index contributed by atoms with van der Waals surface area (Å²) in [6, 6.07) is 6.69. The number of nitrogens with zero attached hydrogens (tertiary/aromatic N) is 2. The predicted molar refractivity (Wildman–Crippen MR) is 66.7 cm³/mol. The highest BCUT2D eigenvalue weighted by atomic mass is 32.1. The van der Waals surface area contributed by atoms with Gasteiger partial charge < -0.3 is 5.32 Å². The van der Waals surface area contributed by atoms with Crippen LogP contribution in [0.5, 0.6) is 0 Å². The van der Waals surface area contributed by atoms with Crippen LogP contribution in [0.1, 0.15) is 28.4 Å². The van der Waals surface area contributed by atoms with E-state index < -0.39 is 0 Å². The van der Waals surface area contributed by atoms with E-state index in [0.717, 1.165) is 5.69 Å². The van der Waals surface area contributed by atoms with E-state index >= 15 is 0 Å². The molecule has 2 rings (SSSR count). The quantitative estimate of drug-likeness (QED) is 0.885. The Morgan fingerprint density at radius 2 is 1.88 bits per heavy atom. The summed E-state index contributed by atoms with van der Waals surface area (Å²) in [7, 11) is 1.95. The van der Waals surface area contributed by atoms with E-state index in [0.29, 0.717) is 0 Å². The van der Waals surface area contributed by atoms with Gasteiger partial charge in [0.25, 0.3) is 0 Å². The fourth-order valence-electron chi connectivity index (χ4n) is 1.96. The van der Waals surface area contributed by atoms with Crippen molar-refractivity contribution in [2.24, 2.45) is 0 Å². The first-order valence-corrected chi connectivity index (χ1v) is 6.07. The minimum atomic E-state index is 0.136. The molecule has 0 saturated carbocycles. The van der Waals surface area contributed by atoms with E-state index in [1.807, 2.05) is 12.4 Å². The zero-order valence-corrected chi connectivity index (χ0v) is 10.5. The molecule has 0 amide bonds. The monoisotopic (exact) mass is 233 g/mol. The van der Waals surface area contributed by atoms with Gasteiger partial charge in [-0.1, -0.05) is 33.8 Å². The van der Waals surface area contributed by atoms with Crippen molar-refractivity contribution in [2.75, 3.05) is 7.05 Å². The first-order chi connectivity index (χ1) is 7.70. The van der Waals surface area contributed by atoms with Crippen molar-refractivity contribution < 1.29 is 0 Å². The average Bonchev–Trinajstić information content (AvgIpc) is 2.70. The van der Waals surface area contributed by atoms with E-state index in [4.69, 9.17) is 0 Å². The minimum Gasteiger partial charge on any atom is -0.308 e. The third-order valence-corrected chi connectivity index (χ3v) is 3.06. The van der Waals surface area contributed by atoms with Gasteiger partial charge in [-0.3, -0.25) is 0 Å². The first-order valence-electron chi connectivity index (χ1n) is 5.23. The highest BCUT2D eigenvalue weighted by molar-refractivity contribution is 7.03. The topological polar surface area (TPSA) is 37.8 Å². The van der Waals surface area contributed by atoms with E-state index in [1.165, 1.54) is 28.2 Å². The summed E-state index contributed by atoms with van der Waals surface area (Å²) in [4.78, 5) is 0. The van der Waals surface area contributed by atoms with Crippen LogP contribution >= 0.6 is 11.5 Å². The molecule has 0 saturated heterocycles. The van der Waals surface area contributed by atoms with Crippen LogP contribution in [0.4, 0.5) is 0 Å². The maximum Gasteiger partial charge on any atom is 0.0970 e. The largest absolute Gasteiger partial charge is 0.308 e. The van der Waals surface area contributed by atoms with Crippen molar-refractivity contribution >= 4 is 11.5 Å². The number of aromatic nitrogens is 2. The zero-order chi connectivity index (χ0) is 11.5. The van der Waals surface area contributed by atoms with E-state index in [2.05, 4.69) is 47.0 Å². The molecule has 2 aromatic rings. The van der Waals surface area contributed by atoms with Gasteiger partial charge in [0.1, 0.15) is 0 Å². The van der Waals surface area contributed by atoms with Crippen molar-refractivity contribution in [1.82, 2.24) is 14.9 Å². The Morgan fingerprint density at radius 3 is 2.38 bits per heavy atom. The second-order valence-electron chi connectivity index (χ2n) is 3.97. The maximum atomic E-state index is 4.13. The molecule has 0 fully saturated rings. The molecule has 0 radical (unpaired) electrons. The van der Waals surface area contributed by atoms with Gasteiger partial charge in [0.15, 0.2) is 0 Å². The van der Waals surface area contributed by atoms with Gasteiger partial charge in [-0.05, 0) is 38.0 Å². The number of hydrogen-bond donors (Lipinski definition) is 1. The molecule has 1 aromatic heterocycles. The van der Waals surface area contributed by atoms with Gasteiger partial charge in [0.05, 0.1) is 11.7 Å². The lowest BCUT2D eigenvalue weighted by molar-refractivity contribution is 0.667. The Labute approximate surface area is 99.7 Å². The fraction of sp³-hybridized carbons (Fsp3) is 0.333. The third kappa shape index (κ3) is 2.28. The van der Waals surface area contributed by atoms with Crippen LogP contribution < -0.4 is 5.32 Å². The minimum absolute atomic E-state index is 0.136. The summed E-state index contributed by atoms with van der Waals surface area (Å²) < 4.78 is 3.91. The van der Waals surface area contributed by atoms with Crippen molar-refractivity contribution in [3.05, 3.63) is 46.0 Å². The Hall–Kier alpha value is -1.26. The summed E-state index contributed by atoms with van der Waals surface area (Å²) in [6.07, 6.45) is 0. The van der Waals surface area contributed by atoms with Crippen molar-refractivity contribution in [1.29, 1.82) is 0 Å². The van der Waals surface area contributed by atoms with Crippen LogP contribution in [0.2, 0.25) is 0 Å². The molecule has 1 unspecified atom stereocenters. The maximum absolute atomic E-state index is 4.13. The number of rotatable bonds is 3. The summed E-state index contributed by atoms with van der Waals surface area (Å²) in [5.74, 6) is 0. The molecular formula is C12H15N3S. The predicted octanol–water partition coefficient (Wildman–Crippen LogP) is 2.46. The third-order valence-electron chi connectivity index (χ3n) is 2.54. The molecular weight excluding hydrogens is 218 g/mol. The summed E-state index contributed by atoms with van der Waals surface area (Å²) >= 11 is 1.39. The normalized spacial score (nSPS) is 12.7. The molecule has 4 heteroatoms. The zero-order valence-electron chi connectivity index (χ0n) is 9.69. The van der Waals surface area contributed by atoms with Crippen molar-refractivity contribution in [3.8, 4) is 0 Å². The molecule has 1 aromatic carbocycles. The van der Waals surface area contributed by atoms with E-state index in [-0.39, 0.29) is 6.04 Å². The first kappa shape index (κ1) is 11.2. The SMILES string of the molecule is CNC(c1cc(C)cc(C)c1)c1csnn1. The smallest absolute Gasteiger partial charge is 0.0970 e. The molecule has 0 bridgehead atoms. The van der Waals surface area contributed by atoms with Gasteiger partial charge in [0.2, 0.25) is 0 Å². The van der Waals surface area contributed by atoms with Crippen LogP contribution in [0.15, 0.2) is 23.6 Å². The number of aryl methyl sites for hydroxylation is 2. The summed E-state index contributed by atoms with van der Waals surface area (Å²) in [5, 5.41) is 9.39. The number of nitrogens with one attached hydrogen (secondary N) is 1. The van der Waals surface area contributed by atoms with Gasteiger partial charge >= 0.3 is 0 Å². The van der Waals surface area contributed by atoms with Crippen molar-refractivity contribution in [3.63, 3.8) is 0 Å². The van der Waals surface area contributed by atoms with Gasteiger partial charge in [0, 0.05) is 5.38 Å². The lowest BCUT2D eigenvalue weighted by atomic mass is 10.00. The molecule has 0 aliphatic carbocycles. The Morgan fingerprint density at radius 1 is 1.19 bits per heavy atom. The lowest BCUT2D eigenvalue weighted by Crippen LogP contribution is -2.18. The van der Waals surface area contributed by atoms with Gasteiger partial charge in [-0.25, -0.2) is 0 Å². The average molecular weight is 233 g/mol. The van der Waals surface area contributed by atoms with Gasteiger partial charge in [-0.15, -0.1) is 5.10 Å². The second kappa shape index (κ2) is 4.72. The fourth-order valence-corrected chi connectivity index (χ4v) is 2.44. The van der Waals surface area contributed by atoms with Crippen LogP contribution in [-0.2, 0) is 0 Å². The highest BCUT2D eigenvalue weighted by Gasteiger charge is 2.14. The molecule has 84 valence electrons. The molecule has 3 nitrogen and oxygen atoms in total. The number of hydrogen-bond acceptors (Lipinski definition) is 4. The molecule has 16 heavy (non-hydrogen) atoms. The molecule has 0 aliphatic heterocycles. The second-order valence-corrected chi connectivity index (χ2v) is 4.58. The summed E-state index contributed by atoms with van der Waals surface area (Å²) in [6.45, 7) is 4.23. The Bertz CT molecular complexity index is 445. The molecule has 0 spiro atoms. The van der Waals surface area contributed by atoms with E-state index in [9.17, 15) is 0 Å². The summed E-state index contributed by atoms with van der Waals surface area (Å²) in [5.41, 5.74) is 4.78. The molecule has 1 N–H and O–H groups in total. The standard InChI is InChI=1S/C12H15N3S/c1-8-4-9(2)6-10(5-8)12(13-3)11-7-16-15-14-11/h4-7,12-13H,1-3H3. The van der Waals surface area contributed by atoms with E-state index in [1.54, 1.807) is 0 Å². The van der Waals surface area contributed by atoms with Crippen LogP contribution in [-0.4, -0.2) is 16.6 Å². The number of benzene rings is 1. The molecule has 1 heterocycles. The van der Waals surface area contributed by atoms with Crippen LogP contribution in [0.3, 0.4) is 0 Å². The molecule has 0 aliphatic rings. The van der Waals surface area contributed by atoms with Crippen molar-refractivity contribution in [2.45, 2.75) is 19.9 Å².